The molecule has 0 radical (unpaired) electrons. The van der Waals surface area contributed by atoms with E-state index in [0.717, 1.165) is 22.2 Å². The Morgan fingerprint density at radius 1 is 1.12 bits per heavy atom. The van der Waals surface area contributed by atoms with E-state index in [9.17, 15) is 18.3 Å². The van der Waals surface area contributed by atoms with Crippen molar-refractivity contribution in [2.45, 2.75) is 37.9 Å². The van der Waals surface area contributed by atoms with E-state index < -0.39 is 16.3 Å². The van der Waals surface area contributed by atoms with Crippen molar-refractivity contribution in [1.29, 1.82) is 0 Å². The van der Waals surface area contributed by atoms with Crippen molar-refractivity contribution in [3.63, 3.8) is 0 Å². The van der Waals surface area contributed by atoms with Gasteiger partial charge in [-0.2, -0.15) is 4.31 Å². The SMILES string of the molecule is COc1ccc(S(=O)(=O)N(CCO)CCOC2CC(C(C)C)C=C(C(=O)NCCc3c[nH]c4ccc(OC)cc34)O2)cc1. The van der Waals surface area contributed by atoms with Gasteiger partial charge in [-0.1, -0.05) is 13.8 Å². The molecule has 11 nitrogen and oxygen atoms in total. The van der Waals surface area contributed by atoms with Crippen molar-refractivity contribution in [1.82, 2.24) is 14.6 Å². The molecule has 3 aromatic rings. The summed E-state index contributed by atoms with van der Waals surface area (Å²) in [5, 5.41) is 13.5. The molecule has 0 saturated carbocycles. The van der Waals surface area contributed by atoms with Crippen LogP contribution in [0.2, 0.25) is 0 Å². The number of nitrogens with one attached hydrogen (secondary N) is 2. The predicted molar refractivity (Wildman–Crippen MR) is 162 cm³/mol. The highest BCUT2D eigenvalue weighted by Crippen LogP contribution is 2.29. The molecule has 0 spiro atoms. The molecule has 4 rings (SSSR count). The summed E-state index contributed by atoms with van der Waals surface area (Å²) in [6, 6.07) is 11.9. The zero-order valence-electron chi connectivity index (χ0n) is 25.0. The Bertz CT molecular complexity index is 1500. The Labute approximate surface area is 252 Å². The summed E-state index contributed by atoms with van der Waals surface area (Å²) >= 11 is 0. The van der Waals surface area contributed by atoms with Crippen LogP contribution in [0.4, 0.5) is 0 Å². The summed E-state index contributed by atoms with van der Waals surface area (Å²) in [5.41, 5.74) is 2.06. The van der Waals surface area contributed by atoms with Crippen molar-refractivity contribution in [2.24, 2.45) is 11.8 Å². The number of hydrogen-bond donors (Lipinski definition) is 3. The second-order valence-corrected chi connectivity index (χ2v) is 12.6. The van der Waals surface area contributed by atoms with Gasteiger partial charge in [0.05, 0.1) is 32.3 Å². The summed E-state index contributed by atoms with van der Waals surface area (Å²) in [6.07, 6.45) is 4.18. The minimum absolute atomic E-state index is 0.00176. The number of fused-ring (bicyclic) bond motifs is 1. The molecule has 2 heterocycles. The molecule has 0 aliphatic carbocycles. The van der Waals surface area contributed by atoms with Crippen LogP contribution < -0.4 is 14.8 Å². The molecular weight excluding hydrogens is 574 g/mol. The van der Waals surface area contributed by atoms with Gasteiger partial charge >= 0.3 is 0 Å². The highest BCUT2D eigenvalue weighted by Gasteiger charge is 2.30. The summed E-state index contributed by atoms with van der Waals surface area (Å²) in [7, 11) is -0.743. The predicted octanol–water partition coefficient (Wildman–Crippen LogP) is 3.45. The Balaban J connectivity index is 1.34. The van der Waals surface area contributed by atoms with Gasteiger partial charge in [-0.05, 0) is 72.4 Å². The Kier molecular flexibility index (Phi) is 11.1. The standard InChI is InChI=1S/C31H41N3O8S/c1-21(2)23-17-29(31(36)32-12-11-22-20-33-28-10-7-25(40-4)19-27(22)28)42-30(18-23)41-16-14-34(13-15-35)43(37,38)26-8-5-24(39-3)6-9-26/h5-10,17,19-21,23,30,33,35H,11-16,18H2,1-4H3,(H,32,36). The summed E-state index contributed by atoms with van der Waals surface area (Å²) in [4.78, 5) is 16.4. The molecule has 234 valence electrons. The number of amides is 1. The topological polar surface area (TPSA) is 139 Å². The number of aromatic nitrogens is 1. The number of carbonyl (C=O) groups excluding carboxylic acids is 1. The lowest BCUT2D eigenvalue weighted by Crippen LogP contribution is -2.38. The molecule has 2 aromatic carbocycles. The molecule has 1 aliphatic heterocycles. The lowest BCUT2D eigenvalue weighted by Gasteiger charge is -2.31. The van der Waals surface area contributed by atoms with Gasteiger partial charge in [0.1, 0.15) is 11.5 Å². The number of ether oxygens (including phenoxy) is 4. The summed E-state index contributed by atoms with van der Waals surface area (Å²) in [6.45, 7) is 4.12. The van der Waals surface area contributed by atoms with E-state index in [1.54, 1.807) is 19.2 Å². The highest BCUT2D eigenvalue weighted by molar-refractivity contribution is 7.89. The summed E-state index contributed by atoms with van der Waals surface area (Å²) in [5.74, 6) is 1.44. The van der Waals surface area contributed by atoms with Crippen LogP contribution in [-0.2, 0) is 30.7 Å². The number of aliphatic hydroxyl groups is 1. The van der Waals surface area contributed by atoms with Crippen LogP contribution in [0.1, 0.15) is 25.8 Å². The minimum atomic E-state index is -3.87. The van der Waals surface area contributed by atoms with E-state index >= 15 is 0 Å². The maximum absolute atomic E-state index is 13.2. The van der Waals surface area contributed by atoms with Crippen molar-refractivity contribution in [3.05, 3.63) is 66.1 Å². The molecule has 0 fully saturated rings. The van der Waals surface area contributed by atoms with Crippen LogP contribution in [0.15, 0.2) is 65.4 Å². The van der Waals surface area contributed by atoms with Crippen molar-refractivity contribution >= 4 is 26.8 Å². The average molecular weight is 616 g/mol. The van der Waals surface area contributed by atoms with Crippen LogP contribution in [0.5, 0.6) is 11.5 Å². The molecule has 12 heteroatoms. The van der Waals surface area contributed by atoms with Crippen LogP contribution in [0.25, 0.3) is 10.9 Å². The first-order valence-electron chi connectivity index (χ1n) is 14.3. The van der Waals surface area contributed by atoms with E-state index in [4.69, 9.17) is 18.9 Å². The second kappa shape index (κ2) is 14.7. The number of benzene rings is 2. The van der Waals surface area contributed by atoms with E-state index in [1.807, 2.05) is 30.5 Å². The molecule has 43 heavy (non-hydrogen) atoms. The van der Waals surface area contributed by atoms with Crippen LogP contribution in [0, 0.1) is 11.8 Å². The van der Waals surface area contributed by atoms with Gasteiger partial charge in [0, 0.05) is 43.2 Å². The third-order valence-corrected chi connectivity index (χ3v) is 9.43. The fraction of sp³-hybridized carbons (Fsp3) is 0.452. The number of sulfonamides is 1. The quantitative estimate of drug-likeness (QED) is 0.236. The van der Waals surface area contributed by atoms with Gasteiger partial charge < -0.3 is 34.4 Å². The van der Waals surface area contributed by atoms with Crippen LogP contribution in [-0.4, -0.2) is 82.1 Å². The molecule has 0 bridgehead atoms. The first-order chi connectivity index (χ1) is 20.7. The molecule has 1 amide bonds. The van der Waals surface area contributed by atoms with Gasteiger partial charge in [0.25, 0.3) is 5.91 Å². The van der Waals surface area contributed by atoms with Gasteiger partial charge in [0.2, 0.25) is 16.3 Å². The largest absolute Gasteiger partial charge is 0.497 e. The van der Waals surface area contributed by atoms with E-state index in [2.05, 4.69) is 24.1 Å². The Hall–Kier alpha value is -3.58. The number of H-pyrrole nitrogens is 1. The van der Waals surface area contributed by atoms with E-state index in [-0.39, 0.29) is 54.7 Å². The van der Waals surface area contributed by atoms with Crippen molar-refractivity contribution in [2.75, 3.05) is 47.1 Å². The normalized spacial score (nSPS) is 17.1. The van der Waals surface area contributed by atoms with Gasteiger partial charge in [-0.25, -0.2) is 8.42 Å². The maximum atomic E-state index is 13.2. The number of nitrogens with zero attached hydrogens (tertiary/aromatic N) is 1. The number of aliphatic hydroxyl groups excluding tert-OH is 1. The Morgan fingerprint density at radius 3 is 2.51 bits per heavy atom. The third-order valence-electron chi connectivity index (χ3n) is 7.51. The Morgan fingerprint density at radius 2 is 1.84 bits per heavy atom. The molecule has 2 atom stereocenters. The maximum Gasteiger partial charge on any atom is 0.286 e. The fourth-order valence-electron chi connectivity index (χ4n) is 4.95. The van der Waals surface area contributed by atoms with Crippen LogP contribution in [0.3, 0.4) is 0 Å². The highest BCUT2D eigenvalue weighted by atomic mass is 32.2. The van der Waals surface area contributed by atoms with Gasteiger partial charge in [0.15, 0.2) is 5.76 Å². The first-order valence-corrected chi connectivity index (χ1v) is 15.8. The molecule has 1 aromatic heterocycles. The van der Waals surface area contributed by atoms with Gasteiger partial charge in [-0.3, -0.25) is 4.79 Å². The number of rotatable bonds is 15. The van der Waals surface area contributed by atoms with Gasteiger partial charge in [-0.15, -0.1) is 0 Å². The van der Waals surface area contributed by atoms with Crippen molar-refractivity contribution < 1.29 is 37.3 Å². The smallest absolute Gasteiger partial charge is 0.286 e. The van der Waals surface area contributed by atoms with Crippen molar-refractivity contribution in [3.8, 4) is 11.5 Å². The second-order valence-electron chi connectivity index (χ2n) is 10.6. The third kappa shape index (κ3) is 8.08. The zero-order chi connectivity index (χ0) is 31.0. The number of aromatic amines is 1. The minimum Gasteiger partial charge on any atom is -0.497 e. The molecular formula is C31H41N3O8S. The van der Waals surface area contributed by atoms with Crippen LogP contribution >= 0.6 is 0 Å². The molecule has 0 saturated heterocycles. The monoisotopic (exact) mass is 615 g/mol. The molecule has 1 aliphatic rings. The number of methoxy groups -OCH3 is 2. The average Bonchev–Trinajstić information content (AvgIpc) is 3.42. The molecule has 2 unspecified atom stereocenters. The number of carbonyl (C=O) groups is 1. The zero-order valence-corrected chi connectivity index (χ0v) is 25.9. The number of allylic oxidation sites excluding steroid dienone is 1. The fourth-order valence-corrected chi connectivity index (χ4v) is 6.36. The lowest BCUT2D eigenvalue weighted by molar-refractivity contribution is -0.150. The molecule has 3 N–H and O–H groups in total. The lowest BCUT2D eigenvalue weighted by atomic mass is 9.90. The number of hydrogen-bond acceptors (Lipinski definition) is 8. The first kappa shape index (κ1) is 32.3. The van der Waals surface area contributed by atoms with E-state index in [0.29, 0.717) is 25.1 Å². The summed E-state index contributed by atoms with van der Waals surface area (Å²) < 4.78 is 49.9. The van der Waals surface area contributed by atoms with E-state index in [1.165, 1.54) is 23.5 Å².